The number of aryl methyl sites for hydroxylation is 1. The van der Waals surface area contributed by atoms with E-state index in [1.807, 2.05) is 61.5 Å². The molecule has 4 aromatic carbocycles. The van der Waals surface area contributed by atoms with Crippen molar-refractivity contribution in [2.24, 2.45) is 0 Å². The number of para-hydroxylation sites is 1. The molecule has 0 aliphatic carbocycles. The number of nitrogens with zero attached hydrogens (tertiary/aromatic N) is 1. The van der Waals surface area contributed by atoms with Crippen LogP contribution >= 0.6 is 11.6 Å². The molecule has 2 amide bonds. The average Bonchev–Trinajstić information content (AvgIpc) is 3.10. The SMILES string of the molecule is COc1ccccc1C1=C(Nc2cccc3ccccc23)C(=O)N(c2ccc(C)c(Cl)c2)C1=O. The Kier molecular flexibility index (Phi) is 5.56. The first-order valence-electron chi connectivity index (χ1n) is 10.8. The second-order valence-corrected chi connectivity index (χ2v) is 8.39. The summed E-state index contributed by atoms with van der Waals surface area (Å²) in [4.78, 5) is 28.6. The third-order valence-corrected chi connectivity index (χ3v) is 6.33. The van der Waals surface area contributed by atoms with Crippen molar-refractivity contribution in [1.29, 1.82) is 0 Å². The fourth-order valence-corrected chi connectivity index (χ4v) is 4.35. The van der Waals surface area contributed by atoms with Crippen molar-refractivity contribution in [2.45, 2.75) is 6.92 Å². The van der Waals surface area contributed by atoms with Crippen LogP contribution in [-0.2, 0) is 9.59 Å². The standard InChI is InChI=1S/C28H21ClN2O3/c1-17-14-15-19(16-22(17)29)31-27(32)25(21-11-5-6-13-24(21)34-2)26(28(31)33)30-23-12-7-9-18-8-3-4-10-20(18)23/h3-16,30H,1-2H3. The largest absolute Gasteiger partial charge is 0.496 e. The lowest BCUT2D eigenvalue weighted by molar-refractivity contribution is -0.120. The molecule has 0 radical (unpaired) electrons. The molecule has 0 atom stereocenters. The molecule has 0 aromatic heterocycles. The Morgan fingerprint density at radius 3 is 2.38 bits per heavy atom. The van der Waals surface area contributed by atoms with Crippen molar-refractivity contribution >= 4 is 51.1 Å². The monoisotopic (exact) mass is 468 g/mol. The topological polar surface area (TPSA) is 58.6 Å². The van der Waals surface area contributed by atoms with Gasteiger partial charge >= 0.3 is 0 Å². The Labute approximate surface area is 202 Å². The predicted octanol–water partition coefficient (Wildman–Crippen LogP) is 6.21. The normalized spacial score (nSPS) is 13.7. The summed E-state index contributed by atoms with van der Waals surface area (Å²) in [6.45, 7) is 1.87. The molecule has 4 aromatic rings. The second-order valence-electron chi connectivity index (χ2n) is 7.98. The van der Waals surface area contributed by atoms with Crippen LogP contribution in [0.4, 0.5) is 11.4 Å². The number of imide groups is 1. The van der Waals surface area contributed by atoms with E-state index in [2.05, 4.69) is 5.32 Å². The molecule has 0 saturated carbocycles. The molecular weight excluding hydrogens is 448 g/mol. The van der Waals surface area contributed by atoms with Crippen LogP contribution in [0.1, 0.15) is 11.1 Å². The zero-order valence-corrected chi connectivity index (χ0v) is 19.4. The number of hydrogen-bond donors (Lipinski definition) is 1. The summed E-state index contributed by atoms with van der Waals surface area (Å²) < 4.78 is 5.52. The molecule has 0 unspecified atom stereocenters. The van der Waals surface area contributed by atoms with E-state index in [0.29, 0.717) is 22.0 Å². The number of hydrogen-bond acceptors (Lipinski definition) is 4. The maximum atomic E-state index is 13.8. The first-order chi connectivity index (χ1) is 16.5. The molecule has 1 aliphatic heterocycles. The van der Waals surface area contributed by atoms with Crippen molar-refractivity contribution in [3.8, 4) is 5.75 Å². The number of anilines is 2. The number of amides is 2. The van der Waals surface area contributed by atoms with Crippen LogP contribution < -0.4 is 15.0 Å². The first-order valence-corrected chi connectivity index (χ1v) is 11.1. The van der Waals surface area contributed by atoms with Crippen LogP contribution in [0, 0.1) is 6.92 Å². The highest BCUT2D eigenvalue weighted by Gasteiger charge is 2.41. The number of carbonyl (C=O) groups is 2. The summed E-state index contributed by atoms with van der Waals surface area (Å²) in [5.41, 5.74) is 2.95. The van der Waals surface area contributed by atoms with E-state index in [1.165, 1.54) is 7.11 Å². The van der Waals surface area contributed by atoms with Gasteiger partial charge in [-0.3, -0.25) is 9.59 Å². The lowest BCUT2D eigenvalue weighted by atomic mass is 10.0. The molecule has 0 fully saturated rings. The highest BCUT2D eigenvalue weighted by atomic mass is 35.5. The Morgan fingerprint density at radius 2 is 1.59 bits per heavy atom. The van der Waals surface area contributed by atoms with Gasteiger partial charge in [0.05, 0.1) is 18.4 Å². The molecule has 0 spiro atoms. The van der Waals surface area contributed by atoms with Crippen LogP contribution in [0.5, 0.6) is 5.75 Å². The third-order valence-electron chi connectivity index (χ3n) is 5.92. The number of carbonyl (C=O) groups excluding carboxylic acids is 2. The molecule has 6 heteroatoms. The Hall–Kier alpha value is -4.09. The van der Waals surface area contributed by atoms with Gasteiger partial charge in [-0.15, -0.1) is 0 Å². The molecule has 5 nitrogen and oxygen atoms in total. The number of benzene rings is 4. The minimum atomic E-state index is -0.459. The van der Waals surface area contributed by atoms with E-state index in [-0.39, 0.29) is 11.3 Å². The van der Waals surface area contributed by atoms with Gasteiger partial charge < -0.3 is 10.1 Å². The van der Waals surface area contributed by atoms with Gasteiger partial charge in [0.25, 0.3) is 11.8 Å². The van der Waals surface area contributed by atoms with Gasteiger partial charge in [0.1, 0.15) is 11.4 Å². The molecule has 168 valence electrons. The first kappa shape index (κ1) is 21.7. The van der Waals surface area contributed by atoms with E-state index in [0.717, 1.165) is 26.9 Å². The van der Waals surface area contributed by atoms with Crippen molar-refractivity contribution < 1.29 is 14.3 Å². The maximum absolute atomic E-state index is 13.8. The number of rotatable bonds is 5. The highest BCUT2D eigenvalue weighted by molar-refractivity contribution is 6.47. The summed E-state index contributed by atoms with van der Waals surface area (Å²) in [6.07, 6.45) is 0. The molecular formula is C28H21ClN2O3. The lowest BCUT2D eigenvalue weighted by Crippen LogP contribution is -2.32. The quantitative estimate of drug-likeness (QED) is 0.354. The fourth-order valence-electron chi connectivity index (χ4n) is 4.17. The molecule has 0 bridgehead atoms. The Morgan fingerprint density at radius 1 is 0.853 bits per heavy atom. The smallest absolute Gasteiger partial charge is 0.282 e. The van der Waals surface area contributed by atoms with Gasteiger partial charge in [0, 0.05) is 21.7 Å². The average molecular weight is 469 g/mol. The molecule has 1 aliphatic rings. The van der Waals surface area contributed by atoms with Gasteiger partial charge in [-0.2, -0.15) is 0 Å². The molecule has 1 N–H and O–H groups in total. The zero-order chi connectivity index (χ0) is 23.8. The van der Waals surface area contributed by atoms with Gasteiger partial charge in [-0.25, -0.2) is 4.90 Å². The van der Waals surface area contributed by atoms with Gasteiger partial charge in [-0.1, -0.05) is 72.3 Å². The van der Waals surface area contributed by atoms with Crippen molar-refractivity contribution in [1.82, 2.24) is 0 Å². The van der Waals surface area contributed by atoms with E-state index in [9.17, 15) is 9.59 Å². The van der Waals surface area contributed by atoms with E-state index < -0.39 is 11.8 Å². The molecule has 1 heterocycles. The Bertz CT molecular complexity index is 1490. The summed E-state index contributed by atoms with van der Waals surface area (Å²) in [7, 11) is 1.54. The lowest BCUT2D eigenvalue weighted by Gasteiger charge is -2.17. The van der Waals surface area contributed by atoms with Crippen LogP contribution in [0.15, 0.2) is 90.6 Å². The van der Waals surface area contributed by atoms with Crippen molar-refractivity contribution in [3.05, 3.63) is 107 Å². The van der Waals surface area contributed by atoms with Gasteiger partial charge in [0.15, 0.2) is 0 Å². The minimum absolute atomic E-state index is 0.183. The van der Waals surface area contributed by atoms with Crippen molar-refractivity contribution in [2.75, 3.05) is 17.3 Å². The maximum Gasteiger partial charge on any atom is 0.282 e. The zero-order valence-electron chi connectivity index (χ0n) is 18.6. The highest BCUT2D eigenvalue weighted by Crippen LogP contribution is 2.39. The third kappa shape index (κ3) is 3.60. The van der Waals surface area contributed by atoms with Crippen LogP contribution in [0.3, 0.4) is 0 Å². The van der Waals surface area contributed by atoms with Gasteiger partial charge in [0.2, 0.25) is 0 Å². The van der Waals surface area contributed by atoms with E-state index in [4.69, 9.17) is 16.3 Å². The molecule has 5 rings (SSSR count). The second kappa shape index (κ2) is 8.69. The number of nitrogens with one attached hydrogen (secondary N) is 1. The summed E-state index contributed by atoms with van der Waals surface area (Å²) in [5.74, 6) is -0.407. The fraction of sp³-hybridized carbons (Fsp3) is 0.0714. The number of halogens is 1. The Balaban J connectivity index is 1.69. The minimum Gasteiger partial charge on any atom is -0.496 e. The van der Waals surface area contributed by atoms with Crippen LogP contribution in [-0.4, -0.2) is 18.9 Å². The summed E-state index contributed by atoms with van der Waals surface area (Å²) in [6, 6.07) is 26.0. The number of fused-ring (bicyclic) bond motifs is 1. The van der Waals surface area contributed by atoms with E-state index in [1.54, 1.807) is 30.3 Å². The molecule has 34 heavy (non-hydrogen) atoms. The van der Waals surface area contributed by atoms with E-state index >= 15 is 0 Å². The van der Waals surface area contributed by atoms with Gasteiger partial charge in [-0.05, 0) is 42.1 Å². The summed E-state index contributed by atoms with van der Waals surface area (Å²) >= 11 is 6.32. The van der Waals surface area contributed by atoms with Crippen LogP contribution in [0.25, 0.3) is 16.3 Å². The van der Waals surface area contributed by atoms with Crippen LogP contribution in [0.2, 0.25) is 5.02 Å². The van der Waals surface area contributed by atoms with Crippen molar-refractivity contribution in [3.63, 3.8) is 0 Å². The summed E-state index contributed by atoms with van der Waals surface area (Å²) in [5, 5.41) is 5.71. The number of methoxy groups -OCH3 is 1. The number of ether oxygens (including phenoxy) is 1. The predicted molar refractivity (Wildman–Crippen MR) is 136 cm³/mol. The molecule has 0 saturated heterocycles.